The molecule has 176 valence electrons. The number of alkyl halides is 1. The van der Waals surface area contributed by atoms with Gasteiger partial charge in [0.15, 0.2) is 0 Å². The summed E-state index contributed by atoms with van der Waals surface area (Å²) in [6.45, 7) is 5.13. The maximum Gasteiger partial charge on any atom is 0.255 e. The number of rotatable bonds is 6. The lowest BCUT2D eigenvalue weighted by molar-refractivity contribution is -0.211. The van der Waals surface area contributed by atoms with Crippen molar-refractivity contribution in [3.8, 4) is 5.75 Å². The normalized spacial score (nSPS) is 37.2. The van der Waals surface area contributed by atoms with E-state index in [4.69, 9.17) is 4.74 Å². The molecule has 33 heavy (non-hydrogen) atoms. The van der Waals surface area contributed by atoms with Crippen LogP contribution in [0.4, 0.5) is 4.39 Å². The SMILES string of the molecule is C=C1CCC(N2Cc3cc(OC4CCCCC4NCC45CC(F)(C4)C5)ccc3C2=O)C(=O)N1. The number of carbonyl (C=O) groups excluding carboxylic acids is 2. The fraction of sp³-hybridized carbons (Fsp3) is 0.615. The van der Waals surface area contributed by atoms with Crippen LogP contribution in [-0.4, -0.2) is 47.1 Å². The van der Waals surface area contributed by atoms with Crippen molar-refractivity contribution in [1.29, 1.82) is 0 Å². The number of nitrogens with zero attached hydrogens (tertiary/aromatic N) is 1. The quantitative estimate of drug-likeness (QED) is 0.691. The van der Waals surface area contributed by atoms with Gasteiger partial charge in [-0.25, -0.2) is 4.39 Å². The van der Waals surface area contributed by atoms with Crippen molar-refractivity contribution in [3.05, 3.63) is 41.6 Å². The third-order valence-corrected chi connectivity index (χ3v) is 8.41. The zero-order chi connectivity index (χ0) is 22.8. The zero-order valence-corrected chi connectivity index (χ0v) is 19.0. The molecule has 4 saturated carbocycles. The smallest absolute Gasteiger partial charge is 0.255 e. The first-order valence-electron chi connectivity index (χ1n) is 12.3. The Morgan fingerprint density at radius 2 is 1.97 bits per heavy atom. The summed E-state index contributed by atoms with van der Waals surface area (Å²) in [5.41, 5.74) is 1.61. The van der Waals surface area contributed by atoms with Gasteiger partial charge in [0.2, 0.25) is 5.91 Å². The first-order valence-corrected chi connectivity index (χ1v) is 12.3. The number of ether oxygens (including phenoxy) is 1. The van der Waals surface area contributed by atoms with Gasteiger partial charge in [-0.05, 0) is 80.5 Å². The molecule has 3 atom stereocenters. The molecule has 1 aromatic rings. The molecule has 0 aromatic heterocycles. The van der Waals surface area contributed by atoms with Crippen LogP contribution in [0.2, 0.25) is 0 Å². The Hall–Kier alpha value is -2.41. The minimum absolute atomic E-state index is 0.0758. The third kappa shape index (κ3) is 3.65. The number of allylic oxidation sites excluding steroid dienone is 1. The lowest BCUT2D eigenvalue weighted by atomic mass is 9.42. The molecule has 2 bridgehead atoms. The summed E-state index contributed by atoms with van der Waals surface area (Å²) < 4.78 is 20.3. The molecule has 3 unspecified atom stereocenters. The molecule has 7 heteroatoms. The number of amides is 2. The molecule has 2 amide bonds. The molecule has 2 N–H and O–H groups in total. The Morgan fingerprint density at radius 3 is 2.73 bits per heavy atom. The molecule has 0 radical (unpaired) electrons. The minimum atomic E-state index is -0.855. The molecule has 1 saturated heterocycles. The van der Waals surface area contributed by atoms with Crippen LogP contribution in [0.1, 0.15) is 73.7 Å². The molecule has 4 aliphatic carbocycles. The number of hydrogen-bond acceptors (Lipinski definition) is 4. The van der Waals surface area contributed by atoms with Crippen LogP contribution in [0.15, 0.2) is 30.5 Å². The lowest BCUT2D eigenvalue weighted by Gasteiger charge is -2.66. The van der Waals surface area contributed by atoms with E-state index in [1.165, 1.54) is 6.42 Å². The average Bonchev–Trinajstić information content (AvgIpc) is 3.06. The van der Waals surface area contributed by atoms with Gasteiger partial charge in [-0.2, -0.15) is 0 Å². The number of benzene rings is 1. The summed E-state index contributed by atoms with van der Waals surface area (Å²) in [4.78, 5) is 27.0. The molecule has 0 spiro atoms. The second-order valence-corrected chi connectivity index (χ2v) is 11.0. The Labute approximate surface area is 193 Å². The molecule has 2 heterocycles. The van der Waals surface area contributed by atoms with Crippen LogP contribution >= 0.6 is 0 Å². The number of fused-ring (bicyclic) bond motifs is 1. The van der Waals surface area contributed by atoms with Crippen LogP contribution in [0, 0.1) is 5.41 Å². The van der Waals surface area contributed by atoms with E-state index in [0.717, 1.165) is 37.1 Å². The van der Waals surface area contributed by atoms with Crippen molar-refractivity contribution < 1.29 is 18.7 Å². The highest BCUT2D eigenvalue weighted by atomic mass is 19.1. The molecule has 7 rings (SSSR count). The highest BCUT2D eigenvalue weighted by Crippen LogP contribution is 2.69. The van der Waals surface area contributed by atoms with E-state index in [-0.39, 0.29) is 29.4 Å². The van der Waals surface area contributed by atoms with Gasteiger partial charge in [-0.3, -0.25) is 9.59 Å². The summed E-state index contributed by atoms with van der Waals surface area (Å²) in [5, 5.41) is 6.48. The van der Waals surface area contributed by atoms with Crippen LogP contribution in [0.5, 0.6) is 5.75 Å². The Balaban J connectivity index is 1.11. The number of piperidine rings is 1. The van der Waals surface area contributed by atoms with E-state index < -0.39 is 11.7 Å². The second kappa shape index (κ2) is 7.55. The Kier molecular flexibility index (Phi) is 4.84. The predicted octanol–water partition coefficient (Wildman–Crippen LogP) is 3.61. The fourth-order valence-electron chi connectivity index (χ4n) is 6.75. The molecule has 2 aliphatic heterocycles. The highest BCUT2D eigenvalue weighted by molar-refractivity contribution is 6.01. The lowest BCUT2D eigenvalue weighted by Crippen LogP contribution is -2.68. The molecule has 6 aliphatic rings. The summed E-state index contributed by atoms with van der Waals surface area (Å²) in [5.74, 6) is 0.532. The van der Waals surface area contributed by atoms with E-state index in [1.807, 2.05) is 18.2 Å². The largest absolute Gasteiger partial charge is 0.489 e. The maximum atomic E-state index is 13.9. The van der Waals surface area contributed by atoms with Gasteiger partial charge in [-0.15, -0.1) is 0 Å². The number of hydrogen-bond donors (Lipinski definition) is 2. The van der Waals surface area contributed by atoms with Gasteiger partial charge in [-0.1, -0.05) is 13.0 Å². The minimum Gasteiger partial charge on any atom is -0.489 e. The van der Waals surface area contributed by atoms with Crippen molar-refractivity contribution in [1.82, 2.24) is 15.5 Å². The van der Waals surface area contributed by atoms with Crippen molar-refractivity contribution in [2.24, 2.45) is 5.41 Å². The molecular weight excluding hydrogens is 421 g/mol. The highest BCUT2D eigenvalue weighted by Gasteiger charge is 2.68. The Bertz CT molecular complexity index is 1000. The van der Waals surface area contributed by atoms with Gasteiger partial charge in [0, 0.05) is 30.4 Å². The van der Waals surface area contributed by atoms with Crippen LogP contribution < -0.4 is 15.4 Å². The van der Waals surface area contributed by atoms with E-state index in [1.54, 1.807) is 4.90 Å². The van der Waals surface area contributed by atoms with E-state index >= 15 is 0 Å². The molecule has 5 fully saturated rings. The van der Waals surface area contributed by atoms with Crippen LogP contribution in [-0.2, 0) is 11.3 Å². The number of nitrogens with one attached hydrogen (secondary N) is 2. The Morgan fingerprint density at radius 1 is 1.18 bits per heavy atom. The van der Waals surface area contributed by atoms with Crippen LogP contribution in [0.25, 0.3) is 0 Å². The summed E-state index contributed by atoms with van der Waals surface area (Å²) in [6, 6.07) is 5.50. The first kappa shape index (κ1) is 21.1. The molecular formula is C26H32FN3O3. The number of halogens is 1. The predicted molar refractivity (Wildman–Crippen MR) is 121 cm³/mol. The van der Waals surface area contributed by atoms with Crippen molar-refractivity contribution >= 4 is 11.8 Å². The summed E-state index contributed by atoms with van der Waals surface area (Å²) in [6.07, 6.45) is 7.90. The van der Waals surface area contributed by atoms with E-state index in [2.05, 4.69) is 17.2 Å². The maximum absolute atomic E-state index is 13.9. The van der Waals surface area contributed by atoms with Gasteiger partial charge in [0.1, 0.15) is 23.6 Å². The van der Waals surface area contributed by atoms with Gasteiger partial charge in [0.25, 0.3) is 5.91 Å². The zero-order valence-electron chi connectivity index (χ0n) is 19.0. The topological polar surface area (TPSA) is 70.7 Å². The van der Waals surface area contributed by atoms with Crippen molar-refractivity contribution in [2.45, 2.75) is 88.2 Å². The number of carbonyl (C=O) groups is 2. The average molecular weight is 454 g/mol. The fourth-order valence-corrected chi connectivity index (χ4v) is 6.75. The van der Waals surface area contributed by atoms with E-state index in [0.29, 0.717) is 49.9 Å². The van der Waals surface area contributed by atoms with Crippen molar-refractivity contribution in [2.75, 3.05) is 6.54 Å². The van der Waals surface area contributed by atoms with Gasteiger partial charge >= 0.3 is 0 Å². The first-order chi connectivity index (χ1) is 15.8. The summed E-state index contributed by atoms with van der Waals surface area (Å²) >= 11 is 0. The van der Waals surface area contributed by atoms with Crippen LogP contribution in [0.3, 0.4) is 0 Å². The standard InChI is InChI=1S/C26H32FN3O3/c1-16-6-9-21(23(31)29-16)30-11-17-10-18(7-8-19(17)24(30)32)33-22-5-3-2-4-20(22)28-15-25-12-26(27,13-25)14-25/h7-8,10,20-22,28H,1-6,9,11-15H2,(H,29,31). The van der Waals surface area contributed by atoms with Gasteiger partial charge in [0.05, 0.1) is 0 Å². The molecule has 6 nitrogen and oxygen atoms in total. The van der Waals surface area contributed by atoms with Crippen molar-refractivity contribution in [3.63, 3.8) is 0 Å². The van der Waals surface area contributed by atoms with E-state index in [9.17, 15) is 14.0 Å². The summed E-state index contributed by atoms with van der Waals surface area (Å²) in [7, 11) is 0. The third-order valence-electron chi connectivity index (χ3n) is 8.41. The molecule has 1 aromatic carbocycles. The monoisotopic (exact) mass is 453 g/mol. The second-order valence-electron chi connectivity index (χ2n) is 11.0. The van der Waals surface area contributed by atoms with Gasteiger partial charge < -0.3 is 20.3 Å².